The fraction of sp³-hybridized carbons (Fsp3) is 0.0323. The monoisotopic (exact) mass is 838 g/mol. The Bertz CT molecular complexity index is 3520. The quantitative estimate of drug-likeness (QED) is 0.178. The number of nitriles is 1. The van der Waals surface area contributed by atoms with Crippen molar-refractivity contribution in [3.05, 3.63) is 281 Å². The number of nitrogens with zero attached hydrogens (tertiary/aromatic N) is 4. The maximum atomic E-state index is 10.4. The second-order valence-electron chi connectivity index (χ2n) is 17.7. The van der Waals surface area contributed by atoms with Gasteiger partial charge >= 0.3 is 0 Å². The largest absolute Gasteiger partial charge is 0.309 e. The molecule has 10 aromatic rings. The van der Waals surface area contributed by atoms with Crippen molar-refractivity contribution in [2.45, 2.75) is 10.8 Å². The molecule has 0 fully saturated rings. The van der Waals surface area contributed by atoms with E-state index in [2.05, 4.69) is 228 Å². The second-order valence-corrected chi connectivity index (χ2v) is 17.7. The summed E-state index contributed by atoms with van der Waals surface area (Å²) in [6.45, 7) is 0. The van der Waals surface area contributed by atoms with Gasteiger partial charge in [0.25, 0.3) is 0 Å². The number of aromatic nitrogens is 1. The normalized spacial score (nSPS) is 14.5. The summed E-state index contributed by atoms with van der Waals surface area (Å²) in [5.74, 6) is 0.820. The summed E-state index contributed by atoms with van der Waals surface area (Å²) < 4.78 is 0. The Hall–Kier alpha value is -8.78. The minimum Gasteiger partial charge on any atom is -0.309 e. The zero-order valence-electron chi connectivity index (χ0n) is 35.7. The molecule has 2 aliphatic heterocycles. The van der Waals surface area contributed by atoms with Crippen molar-refractivity contribution >= 4 is 34.3 Å². The second kappa shape index (κ2) is 13.6. The van der Waals surface area contributed by atoms with Crippen molar-refractivity contribution in [2.75, 3.05) is 9.80 Å². The molecule has 2 aliphatic carbocycles. The Morgan fingerprint density at radius 3 is 1.08 bits per heavy atom. The average molecular weight is 839 g/mol. The smallest absolute Gasteiger partial charge is 0.137 e. The summed E-state index contributed by atoms with van der Waals surface area (Å²) in [5.41, 5.74) is 22.0. The zero-order valence-corrected chi connectivity index (χ0v) is 35.7. The Morgan fingerprint density at radius 1 is 0.333 bits per heavy atom. The Balaban J connectivity index is 0.940. The molecule has 2 spiro atoms. The molecule has 9 aromatic carbocycles. The molecular weight excluding hydrogens is 801 g/mol. The lowest BCUT2D eigenvalue weighted by Gasteiger charge is -2.45. The fourth-order valence-electron chi connectivity index (χ4n) is 12.3. The van der Waals surface area contributed by atoms with Gasteiger partial charge in [-0.15, -0.1) is 0 Å². The van der Waals surface area contributed by atoms with Gasteiger partial charge in [-0.05, 0) is 121 Å². The highest BCUT2D eigenvalue weighted by Gasteiger charge is 2.53. The van der Waals surface area contributed by atoms with Gasteiger partial charge in [0.1, 0.15) is 5.82 Å². The summed E-state index contributed by atoms with van der Waals surface area (Å²) in [6, 6.07) is 83.8. The van der Waals surface area contributed by atoms with Gasteiger partial charge < -0.3 is 4.90 Å². The summed E-state index contributed by atoms with van der Waals surface area (Å²) in [7, 11) is 0. The molecule has 4 aliphatic rings. The summed E-state index contributed by atoms with van der Waals surface area (Å²) in [4.78, 5) is 10.1. The van der Waals surface area contributed by atoms with E-state index in [0.717, 1.165) is 45.4 Å². The van der Waals surface area contributed by atoms with Crippen LogP contribution in [0, 0.1) is 11.3 Å². The molecule has 0 amide bonds. The first kappa shape index (κ1) is 36.7. The highest BCUT2D eigenvalue weighted by atomic mass is 15.2. The zero-order chi connectivity index (χ0) is 43.6. The third-order valence-electron chi connectivity index (χ3n) is 14.8. The number of hydrogen-bond donors (Lipinski definition) is 0. The number of benzene rings is 9. The first-order chi connectivity index (χ1) is 32.7. The molecule has 14 rings (SSSR count). The van der Waals surface area contributed by atoms with Gasteiger partial charge in [0.05, 0.1) is 50.9 Å². The molecule has 0 bridgehead atoms. The molecule has 4 nitrogen and oxygen atoms in total. The van der Waals surface area contributed by atoms with Crippen molar-refractivity contribution in [1.82, 2.24) is 4.98 Å². The SMILES string of the molecule is N#Cc1ccc(N2c3ccccc3C3(c4ccccc4-c4ccccc43)c3ccccc32)c(-c2ccc(N3c4ccccc4C4(c5ccccc5-c5ccccc54)c4ccccc43)nc2)c1. The van der Waals surface area contributed by atoms with E-state index >= 15 is 0 Å². The molecule has 0 N–H and O–H groups in total. The Labute approximate surface area is 383 Å². The summed E-state index contributed by atoms with van der Waals surface area (Å²) >= 11 is 0. The number of fused-ring (bicyclic) bond motifs is 18. The van der Waals surface area contributed by atoms with Gasteiger partial charge in [0.2, 0.25) is 0 Å². The highest BCUT2D eigenvalue weighted by Crippen LogP contribution is 2.65. The summed E-state index contributed by atoms with van der Waals surface area (Å²) in [5, 5.41) is 10.4. The first-order valence-corrected chi connectivity index (χ1v) is 22.6. The number of rotatable bonds is 3. The van der Waals surface area contributed by atoms with Crippen LogP contribution >= 0.6 is 0 Å². The van der Waals surface area contributed by atoms with Crippen LogP contribution < -0.4 is 9.80 Å². The van der Waals surface area contributed by atoms with Crippen LogP contribution in [0.15, 0.2) is 231 Å². The molecule has 0 atom stereocenters. The minimum absolute atomic E-state index is 0.494. The summed E-state index contributed by atoms with van der Waals surface area (Å²) in [6.07, 6.45) is 1.98. The van der Waals surface area contributed by atoms with Gasteiger partial charge in [-0.1, -0.05) is 170 Å². The van der Waals surface area contributed by atoms with E-state index in [4.69, 9.17) is 4.98 Å². The molecule has 0 saturated heterocycles. The number of hydrogen-bond acceptors (Lipinski definition) is 4. The van der Waals surface area contributed by atoms with Crippen LogP contribution in [0.5, 0.6) is 0 Å². The van der Waals surface area contributed by atoms with E-state index in [1.807, 2.05) is 18.3 Å². The van der Waals surface area contributed by atoms with Crippen molar-refractivity contribution < 1.29 is 0 Å². The van der Waals surface area contributed by atoms with Gasteiger partial charge in [-0.25, -0.2) is 4.98 Å². The molecule has 0 unspecified atom stereocenters. The van der Waals surface area contributed by atoms with Crippen LogP contribution in [-0.2, 0) is 10.8 Å². The van der Waals surface area contributed by atoms with Crippen molar-refractivity contribution in [3.63, 3.8) is 0 Å². The van der Waals surface area contributed by atoms with Gasteiger partial charge in [-0.3, -0.25) is 4.90 Å². The molecule has 66 heavy (non-hydrogen) atoms. The lowest BCUT2D eigenvalue weighted by atomic mass is 9.64. The minimum atomic E-state index is -0.519. The topological polar surface area (TPSA) is 43.2 Å². The maximum Gasteiger partial charge on any atom is 0.137 e. The predicted molar refractivity (Wildman–Crippen MR) is 265 cm³/mol. The molecule has 0 saturated carbocycles. The van der Waals surface area contributed by atoms with Crippen LogP contribution in [0.2, 0.25) is 0 Å². The predicted octanol–water partition coefficient (Wildman–Crippen LogP) is 14.9. The van der Waals surface area contributed by atoms with Gasteiger partial charge in [0.15, 0.2) is 0 Å². The molecule has 306 valence electrons. The lowest BCUT2D eigenvalue weighted by Crippen LogP contribution is -2.36. The lowest BCUT2D eigenvalue weighted by molar-refractivity contribution is 0.751. The van der Waals surface area contributed by atoms with E-state index in [9.17, 15) is 5.26 Å². The maximum absolute atomic E-state index is 10.4. The van der Waals surface area contributed by atoms with Crippen LogP contribution in [0.1, 0.15) is 50.1 Å². The standard InChI is InChI=1S/C62H38N4/c63-38-40-33-35-55(65-56-29-13-9-25-51(56)61(52-26-10-14-30-57(52)65)47-21-5-1-17-42(47)43-18-2-6-22-48(43)61)46(37-40)41-34-36-60(64-39-41)66-58-31-15-11-27-53(58)62(54-28-12-16-32-59(54)66)49-23-7-3-19-44(49)45-20-4-8-24-50(45)62/h1-37,39H. The Kier molecular flexibility index (Phi) is 7.56. The van der Waals surface area contributed by atoms with E-state index in [-0.39, 0.29) is 0 Å². The average Bonchev–Trinajstić information content (AvgIpc) is 3.85. The number of anilines is 6. The van der Waals surface area contributed by atoms with Crippen LogP contribution in [0.4, 0.5) is 34.3 Å². The number of pyridine rings is 1. The van der Waals surface area contributed by atoms with E-state index in [0.29, 0.717) is 5.56 Å². The highest BCUT2D eigenvalue weighted by molar-refractivity contribution is 5.99. The fourth-order valence-corrected chi connectivity index (χ4v) is 12.3. The van der Waals surface area contributed by atoms with Crippen LogP contribution in [0.3, 0.4) is 0 Å². The van der Waals surface area contributed by atoms with Crippen molar-refractivity contribution in [2.24, 2.45) is 0 Å². The third-order valence-corrected chi connectivity index (χ3v) is 14.8. The first-order valence-electron chi connectivity index (χ1n) is 22.6. The van der Waals surface area contributed by atoms with Crippen LogP contribution in [0.25, 0.3) is 33.4 Å². The van der Waals surface area contributed by atoms with Gasteiger partial charge in [-0.2, -0.15) is 5.26 Å². The van der Waals surface area contributed by atoms with Crippen LogP contribution in [-0.4, -0.2) is 4.98 Å². The Morgan fingerprint density at radius 2 is 0.697 bits per heavy atom. The van der Waals surface area contributed by atoms with Crippen molar-refractivity contribution in [3.8, 4) is 39.4 Å². The number of para-hydroxylation sites is 4. The molecule has 1 aromatic heterocycles. The van der Waals surface area contributed by atoms with Gasteiger partial charge in [0, 0.05) is 17.3 Å². The third kappa shape index (κ3) is 4.58. The van der Waals surface area contributed by atoms with E-state index in [1.54, 1.807) is 0 Å². The van der Waals surface area contributed by atoms with E-state index in [1.165, 1.54) is 66.8 Å². The molecule has 3 heterocycles. The van der Waals surface area contributed by atoms with E-state index < -0.39 is 10.8 Å². The molecular formula is C62H38N4. The van der Waals surface area contributed by atoms with Crippen molar-refractivity contribution in [1.29, 1.82) is 5.26 Å². The molecule has 0 radical (unpaired) electrons. The molecule has 4 heteroatoms.